The molecule has 9 heteroatoms. The van der Waals surface area contributed by atoms with Crippen molar-refractivity contribution in [2.24, 2.45) is 0 Å². The summed E-state index contributed by atoms with van der Waals surface area (Å²) in [5.41, 5.74) is 1.65. The predicted molar refractivity (Wildman–Crippen MR) is 125 cm³/mol. The first kappa shape index (κ1) is 24.1. The van der Waals surface area contributed by atoms with E-state index in [-0.39, 0.29) is 29.5 Å². The molecule has 1 aromatic heterocycles. The maximum atomic E-state index is 13.3. The van der Waals surface area contributed by atoms with Crippen LogP contribution in [-0.4, -0.2) is 48.0 Å². The Kier molecular flexibility index (Phi) is 7.43. The topological polar surface area (TPSA) is 81.5 Å². The van der Waals surface area contributed by atoms with Gasteiger partial charge >= 0.3 is 0 Å². The summed E-state index contributed by atoms with van der Waals surface area (Å²) in [7, 11) is -3.73. The minimum absolute atomic E-state index is 0.0212. The van der Waals surface area contributed by atoms with Gasteiger partial charge in [0.1, 0.15) is 5.82 Å². The molecule has 1 aliphatic heterocycles. The van der Waals surface area contributed by atoms with Crippen LogP contribution in [0.2, 0.25) is 0 Å². The van der Waals surface area contributed by atoms with Crippen LogP contribution < -0.4 is 0 Å². The van der Waals surface area contributed by atoms with E-state index in [9.17, 15) is 17.6 Å². The quantitative estimate of drug-likeness (QED) is 0.460. The van der Waals surface area contributed by atoms with E-state index in [0.29, 0.717) is 36.5 Å². The van der Waals surface area contributed by atoms with Crippen LogP contribution in [-0.2, 0) is 33.4 Å². The lowest BCUT2D eigenvalue weighted by molar-refractivity contribution is 0.0741. The van der Waals surface area contributed by atoms with Crippen LogP contribution in [0, 0.1) is 5.82 Å². The lowest BCUT2D eigenvalue weighted by Gasteiger charge is -2.23. The summed E-state index contributed by atoms with van der Waals surface area (Å²) >= 11 is 0. The third kappa shape index (κ3) is 5.53. The van der Waals surface area contributed by atoms with E-state index < -0.39 is 15.7 Å². The summed E-state index contributed by atoms with van der Waals surface area (Å²) in [6.45, 7) is 3.40. The molecule has 2 heterocycles. The molecular weight excluding hydrogens is 457 g/mol. The molecule has 0 saturated carbocycles. The van der Waals surface area contributed by atoms with E-state index in [1.54, 1.807) is 33.7 Å². The molecule has 0 bridgehead atoms. The number of amides is 1. The Bertz CT molecular complexity index is 1220. The van der Waals surface area contributed by atoms with E-state index in [2.05, 4.69) is 4.98 Å². The third-order valence-corrected chi connectivity index (χ3v) is 7.50. The van der Waals surface area contributed by atoms with Crippen molar-refractivity contribution in [1.29, 1.82) is 0 Å². The van der Waals surface area contributed by atoms with Crippen LogP contribution in [0.5, 0.6) is 0 Å². The summed E-state index contributed by atoms with van der Waals surface area (Å²) in [6, 6.07) is 14.4. The van der Waals surface area contributed by atoms with Gasteiger partial charge in [-0.1, -0.05) is 30.3 Å². The van der Waals surface area contributed by atoms with Crippen molar-refractivity contribution >= 4 is 15.7 Å². The van der Waals surface area contributed by atoms with Gasteiger partial charge in [-0.15, -0.1) is 0 Å². The van der Waals surface area contributed by atoms with Gasteiger partial charge in [-0.2, -0.15) is 0 Å². The highest BCUT2D eigenvalue weighted by Gasteiger charge is 2.28. The second kappa shape index (κ2) is 10.5. The fourth-order valence-electron chi connectivity index (χ4n) is 4.11. The van der Waals surface area contributed by atoms with Gasteiger partial charge in [0.05, 0.1) is 36.8 Å². The predicted octanol–water partition coefficient (Wildman–Crippen LogP) is 3.84. The number of ether oxygens (including phenoxy) is 1. The Morgan fingerprint density at radius 2 is 1.91 bits per heavy atom. The number of halogens is 1. The number of nitrogens with zero attached hydrogens (tertiary/aromatic N) is 3. The molecule has 4 rings (SSSR count). The van der Waals surface area contributed by atoms with Crippen molar-refractivity contribution in [3.05, 3.63) is 83.4 Å². The SMILES string of the molecule is CCN(Cc1cnc(S(=O)(=O)Cc2ccccc2)n1CC1CCCO1)C(=O)c1ccc(F)cc1. The maximum absolute atomic E-state index is 13.3. The molecule has 0 radical (unpaired) electrons. The fraction of sp³-hybridized carbons (Fsp3) is 0.360. The van der Waals surface area contributed by atoms with E-state index in [1.165, 1.54) is 30.5 Å². The van der Waals surface area contributed by atoms with Gasteiger partial charge in [0.25, 0.3) is 5.91 Å². The highest BCUT2D eigenvalue weighted by molar-refractivity contribution is 7.90. The minimum atomic E-state index is -3.73. The molecule has 0 aliphatic carbocycles. The molecular formula is C25H28FN3O4S. The molecule has 1 amide bonds. The number of rotatable bonds is 9. The van der Waals surface area contributed by atoms with Crippen molar-refractivity contribution in [3.8, 4) is 0 Å². The molecule has 0 N–H and O–H groups in total. The van der Waals surface area contributed by atoms with E-state index >= 15 is 0 Å². The molecule has 1 atom stereocenters. The van der Waals surface area contributed by atoms with Crippen LogP contribution in [0.4, 0.5) is 4.39 Å². The molecule has 1 fully saturated rings. The molecule has 1 unspecified atom stereocenters. The van der Waals surface area contributed by atoms with Crippen LogP contribution >= 0.6 is 0 Å². The smallest absolute Gasteiger partial charge is 0.254 e. The van der Waals surface area contributed by atoms with Gasteiger partial charge in [0, 0.05) is 18.7 Å². The lowest BCUT2D eigenvalue weighted by atomic mass is 10.2. The second-order valence-electron chi connectivity index (χ2n) is 8.35. The monoisotopic (exact) mass is 485 g/mol. The zero-order chi connectivity index (χ0) is 24.1. The van der Waals surface area contributed by atoms with Crippen molar-refractivity contribution in [1.82, 2.24) is 14.5 Å². The van der Waals surface area contributed by atoms with Crippen LogP contribution in [0.3, 0.4) is 0 Å². The van der Waals surface area contributed by atoms with Crippen molar-refractivity contribution < 1.29 is 22.3 Å². The van der Waals surface area contributed by atoms with Gasteiger partial charge in [-0.25, -0.2) is 17.8 Å². The Hall–Kier alpha value is -3.04. The summed E-state index contributed by atoms with van der Waals surface area (Å²) in [4.78, 5) is 18.9. The number of carbonyl (C=O) groups is 1. The van der Waals surface area contributed by atoms with Crippen molar-refractivity contribution in [2.75, 3.05) is 13.2 Å². The fourth-order valence-corrected chi connectivity index (χ4v) is 5.61. The number of hydrogen-bond donors (Lipinski definition) is 0. The number of imidazole rings is 1. The molecule has 180 valence electrons. The van der Waals surface area contributed by atoms with Crippen LogP contribution in [0.15, 0.2) is 66.0 Å². The summed E-state index contributed by atoms with van der Waals surface area (Å²) in [5, 5.41) is -0.0212. The largest absolute Gasteiger partial charge is 0.376 e. The number of carbonyl (C=O) groups excluding carboxylic acids is 1. The minimum Gasteiger partial charge on any atom is -0.376 e. The van der Waals surface area contributed by atoms with Crippen molar-refractivity contribution in [2.45, 2.75) is 49.9 Å². The summed E-state index contributed by atoms with van der Waals surface area (Å²) in [5.74, 6) is -0.842. The number of hydrogen-bond acceptors (Lipinski definition) is 5. The zero-order valence-corrected chi connectivity index (χ0v) is 19.9. The van der Waals surface area contributed by atoms with Gasteiger partial charge in [-0.3, -0.25) is 4.79 Å². The first-order valence-corrected chi connectivity index (χ1v) is 13.0. The average Bonchev–Trinajstić information content (AvgIpc) is 3.49. The molecule has 0 spiro atoms. The summed E-state index contributed by atoms with van der Waals surface area (Å²) in [6.07, 6.45) is 3.17. The van der Waals surface area contributed by atoms with Crippen LogP contribution in [0.25, 0.3) is 0 Å². The highest BCUT2D eigenvalue weighted by Crippen LogP contribution is 2.23. The molecule has 3 aromatic rings. The first-order valence-electron chi connectivity index (χ1n) is 11.3. The number of sulfone groups is 1. The first-order chi connectivity index (χ1) is 16.4. The highest BCUT2D eigenvalue weighted by atomic mass is 32.2. The van der Waals surface area contributed by atoms with Gasteiger partial charge in [-0.05, 0) is 49.6 Å². The van der Waals surface area contributed by atoms with E-state index in [1.807, 2.05) is 13.0 Å². The zero-order valence-electron chi connectivity index (χ0n) is 19.1. The Balaban J connectivity index is 1.64. The van der Waals surface area contributed by atoms with E-state index in [4.69, 9.17) is 4.74 Å². The Morgan fingerprint density at radius 3 is 2.56 bits per heavy atom. The molecule has 7 nitrogen and oxygen atoms in total. The van der Waals surface area contributed by atoms with Crippen molar-refractivity contribution in [3.63, 3.8) is 0 Å². The second-order valence-corrected chi connectivity index (χ2v) is 10.2. The number of aromatic nitrogens is 2. The Labute approximate surface area is 199 Å². The molecule has 2 aromatic carbocycles. The van der Waals surface area contributed by atoms with Gasteiger partial charge in [0.15, 0.2) is 0 Å². The number of benzene rings is 2. The lowest BCUT2D eigenvalue weighted by Crippen LogP contribution is -2.32. The maximum Gasteiger partial charge on any atom is 0.254 e. The van der Waals surface area contributed by atoms with Gasteiger partial charge in [0.2, 0.25) is 15.0 Å². The van der Waals surface area contributed by atoms with E-state index in [0.717, 1.165) is 12.8 Å². The van der Waals surface area contributed by atoms with Gasteiger partial charge < -0.3 is 14.2 Å². The molecule has 1 saturated heterocycles. The molecule has 34 heavy (non-hydrogen) atoms. The third-order valence-electron chi connectivity index (χ3n) is 5.90. The normalized spacial score (nSPS) is 16.0. The average molecular weight is 486 g/mol. The molecule has 1 aliphatic rings. The Morgan fingerprint density at radius 1 is 1.18 bits per heavy atom. The standard InChI is InChI=1S/C25H28FN3O4S/c1-2-28(24(30)20-10-12-21(26)13-11-20)16-22-15-27-25(29(22)17-23-9-6-14-33-23)34(31,32)18-19-7-4-3-5-8-19/h3-5,7-8,10-13,15,23H,2,6,9,14,16-18H2,1H3. The summed E-state index contributed by atoms with van der Waals surface area (Å²) < 4.78 is 47.4. The van der Waals surface area contributed by atoms with Crippen LogP contribution in [0.1, 0.15) is 41.4 Å².